The Bertz CT molecular complexity index is 1560. The monoisotopic (exact) mass is 572 g/mol. The molecule has 3 aromatic rings. The number of nitrogens with zero attached hydrogens (tertiary/aromatic N) is 2. The molecule has 40 heavy (non-hydrogen) atoms. The molecule has 1 unspecified atom stereocenters. The van der Waals surface area contributed by atoms with Crippen LogP contribution in [0.2, 0.25) is 0 Å². The van der Waals surface area contributed by atoms with Crippen LogP contribution in [-0.2, 0) is 28.0 Å². The summed E-state index contributed by atoms with van der Waals surface area (Å²) in [7, 11) is 1.58. The largest absolute Gasteiger partial charge is 0.496 e. The fourth-order valence-corrected chi connectivity index (χ4v) is 6.83. The average Bonchev–Trinajstić information content (AvgIpc) is 3.25. The van der Waals surface area contributed by atoms with Crippen molar-refractivity contribution in [2.24, 2.45) is 0 Å². The van der Waals surface area contributed by atoms with Crippen molar-refractivity contribution in [2.45, 2.75) is 83.9 Å². The first-order valence-corrected chi connectivity index (χ1v) is 14.3. The molecule has 2 atom stereocenters. The molecular formula is C29H36N2O8S. The number of aryl methyl sites for hydroxylation is 2. The van der Waals surface area contributed by atoms with Gasteiger partial charge in [-0.25, -0.2) is 19.0 Å². The quantitative estimate of drug-likeness (QED) is 0.370. The van der Waals surface area contributed by atoms with Crippen LogP contribution in [0.1, 0.15) is 78.7 Å². The van der Waals surface area contributed by atoms with Crippen molar-refractivity contribution >= 4 is 33.5 Å². The van der Waals surface area contributed by atoms with E-state index in [9.17, 15) is 29.4 Å². The zero-order chi connectivity index (χ0) is 29.4. The number of aliphatic carboxylic acids is 1. The van der Waals surface area contributed by atoms with Gasteiger partial charge in [0.15, 0.2) is 0 Å². The predicted molar refractivity (Wildman–Crippen MR) is 152 cm³/mol. The first-order valence-electron chi connectivity index (χ1n) is 13.5. The number of rotatable bonds is 9. The van der Waals surface area contributed by atoms with Gasteiger partial charge in [-0.3, -0.25) is 9.36 Å². The molecule has 1 aromatic carbocycles. The smallest absolute Gasteiger partial charge is 0.348 e. The lowest BCUT2D eigenvalue weighted by Gasteiger charge is -2.28. The van der Waals surface area contributed by atoms with Crippen LogP contribution >= 0.6 is 11.3 Å². The van der Waals surface area contributed by atoms with Crippen molar-refractivity contribution in [1.82, 2.24) is 9.13 Å². The summed E-state index contributed by atoms with van der Waals surface area (Å²) in [5.74, 6) is -1.16. The molecule has 0 spiro atoms. The molecule has 2 N–H and O–H groups in total. The Morgan fingerprint density at radius 1 is 1.20 bits per heavy atom. The second kappa shape index (κ2) is 11.6. The van der Waals surface area contributed by atoms with Gasteiger partial charge >= 0.3 is 17.6 Å². The maximum absolute atomic E-state index is 13.9. The number of hydrogen-bond donors (Lipinski definition) is 2. The molecule has 10 nitrogen and oxygen atoms in total. The number of aliphatic hydroxyl groups is 1. The van der Waals surface area contributed by atoms with E-state index < -0.39 is 28.7 Å². The standard InChI is InChI=1S/C29H36N2O8S/c1-6-39-26(34)23-16(2)22-24(33)31(29(3,4)27(35)36)28(37)30(25(22)40-23)14-13-20-19(11-8-12-21(20)38-5)17-9-7-10-18(32)15-17/h8,11-12,17-18,32H,6-7,9-10,13-15H2,1-5H3,(H,35,36)/t17?,18-/m1/s1. The highest BCUT2D eigenvalue weighted by Gasteiger charge is 2.36. The van der Waals surface area contributed by atoms with Crippen molar-refractivity contribution in [3.63, 3.8) is 0 Å². The highest BCUT2D eigenvalue weighted by molar-refractivity contribution is 7.20. The van der Waals surface area contributed by atoms with Crippen LogP contribution in [0.5, 0.6) is 5.75 Å². The van der Waals surface area contributed by atoms with Gasteiger partial charge in [0.2, 0.25) is 0 Å². The van der Waals surface area contributed by atoms with Gasteiger partial charge in [0.1, 0.15) is 21.0 Å². The third-order valence-corrected chi connectivity index (χ3v) is 9.11. The van der Waals surface area contributed by atoms with E-state index in [-0.39, 0.29) is 40.3 Å². The second-order valence-corrected chi connectivity index (χ2v) is 11.7. The molecule has 1 aliphatic rings. The summed E-state index contributed by atoms with van der Waals surface area (Å²) in [5.41, 5.74) is -1.10. The Balaban J connectivity index is 1.91. The molecule has 11 heteroatoms. The fourth-order valence-electron chi connectivity index (χ4n) is 5.62. The third-order valence-electron chi connectivity index (χ3n) is 7.82. The number of aliphatic hydroxyl groups excluding tert-OH is 1. The zero-order valence-electron chi connectivity index (χ0n) is 23.5. The molecule has 1 aliphatic carbocycles. The first kappa shape index (κ1) is 29.5. The van der Waals surface area contributed by atoms with E-state index >= 15 is 0 Å². The number of thiophene rings is 1. The van der Waals surface area contributed by atoms with Gasteiger partial charge < -0.3 is 19.7 Å². The molecule has 0 amide bonds. The van der Waals surface area contributed by atoms with E-state index in [0.717, 1.165) is 46.3 Å². The summed E-state index contributed by atoms with van der Waals surface area (Å²) < 4.78 is 13.0. The summed E-state index contributed by atoms with van der Waals surface area (Å²) in [6.07, 6.45) is 3.20. The number of esters is 1. The molecule has 216 valence electrons. The summed E-state index contributed by atoms with van der Waals surface area (Å²) in [5, 5.41) is 20.3. The van der Waals surface area contributed by atoms with Gasteiger partial charge in [0.25, 0.3) is 5.56 Å². The Morgan fingerprint density at radius 2 is 1.93 bits per heavy atom. The maximum atomic E-state index is 13.9. The van der Waals surface area contributed by atoms with Crippen LogP contribution in [0.25, 0.3) is 10.2 Å². The maximum Gasteiger partial charge on any atom is 0.348 e. The molecule has 0 bridgehead atoms. The Labute approximate surface area is 235 Å². The zero-order valence-corrected chi connectivity index (χ0v) is 24.3. The normalized spacial score (nSPS) is 17.6. The van der Waals surface area contributed by atoms with Crippen LogP contribution in [0.15, 0.2) is 27.8 Å². The van der Waals surface area contributed by atoms with Gasteiger partial charge in [-0.2, -0.15) is 0 Å². The lowest BCUT2D eigenvalue weighted by molar-refractivity contribution is -0.146. The molecule has 0 saturated heterocycles. The summed E-state index contributed by atoms with van der Waals surface area (Å²) >= 11 is 0.996. The van der Waals surface area contributed by atoms with E-state index in [4.69, 9.17) is 9.47 Å². The molecule has 2 aromatic heterocycles. The van der Waals surface area contributed by atoms with Crippen molar-refractivity contribution in [3.8, 4) is 5.75 Å². The third kappa shape index (κ3) is 5.19. The van der Waals surface area contributed by atoms with E-state index in [1.165, 1.54) is 18.4 Å². The van der Waals surface area contributed by atoms with Crippen LogP contribution < -0.4 is 16.0 Å². The van der Waals surface area contributed by atoms with Crippen LogP contribution in [0.4, 0.5) is 0 Å². The molecule has 1 saturated carbocycles. The highest BCUT2D eigenvalue weighted by Crippen LogP contribution is 2.38. The van der Waals surface area contributed by atoms with E-state index in [1.54, 1.807) is 21.0 Å². The van der Waals surface area contributed by atoms with Gasteiger partial charge in [-0.1, -0.05) is 18.6 Å². The number of fused-ring (bicyclic) bond motifs is 1. The number of aromatic nitrogens is 2. The van der Waals surface area contributed by atoms with Crippen molar-refractivity contribution < 1.29 is 29.3 Å². The summed E-state index contributed by atoms with van der Waals surface area (Å²) in [6, 6.07) is 5.77. The van der Waals surface area contributed by atoms with E-state index in [1.807, 2.05) is 18.2 Å². The van der Waals surface area contributed by atoms with Gasteiger partial charge in [0.05, 0.1) is 25.2 Å². The fraction of sp³-hybridized carbons (Fsp3) is 0.517. The Hall–Kier alpha value is -3.44. The first-order chi connectivity index (χ1) is 18.9. The number of ether oxygens (including phenoxy) is 2. The minimum absolute atomic E-state index is 0.107. The molecule has 2 heterocycles. The number of carboxylic acids is 1. The predicted octanol–water partition coefficient (Wildman–Crippen LogP) is 3.80. The molecule has 0 aliphatic heterocycles. The average molecular weight is 573 g/mol. The van der Waals surface area contributed by atoms with E-state index in [0.29, 0.717) is 24.2 Å². The second-order valence-electron chi connectivity index (χ2n) is 10.7. The SMILES string of the molecule is CCOC(=O)c1sc2c(c1C)c(=O)n(C(C)(C)C(=O)O)c(=O)n2CCc1c(OC)cccc1C1CCC[C@@H](O)C1. The number of carboxylic acid groups (broad SMARTS) is 1. The summed E-state index contributed by atoms with van der Waals surface area (Å²) in [6.45, 7) is 6.13. The molecular weight excluding hydrogens is 536 g/mol. The molecule has 4 rings (SSSR count). The lowest BCUT2D eigenvalue weighted by Crippen LogP contribution is -2.52. The number of methoxy groups -OCH3 is 1. The van der Waals surface area contributed by atoms with Crippen LogP contribution in [0.3, 0.4) is 0 Å². The highest BCUT2D eigenvalue weighted by atomic mass is 32.1. The number of carbonyl (C=O) groups excluding carboxylic acids is 1. The number of carbonyl (C=O) groups is 2. The topological polar surface area (TPSA) is 137 Å². The Morgan fingerprint density at radius 3 is 2.55 bits per heavy atom. The van der Waals surface area contributed by atoms with Gasteiger partial charge in [0, 0.05) is 6.54 Å². The lowest BCUT2D eigenvalue weighted by atomic mass is 9.80. The number of benzene rings is 1. The minimum atomic E-state index is -1.84. The van der Waals surface area contributed by atoms with E-state index in [2.05, 4.69) is 0 Å². The minimum Gasteiger partial charge on any atom is -0.496 e. The van der Waals surface area contributed by atoms with Crippen molar-refractivity contribution in [2.75, 3.05) is 13.7 Å². The van der Waals surface area contributed by atoms with Crippen molar-refractivity contribution in [3.05, 3.63) is 60.6 Å². The van der Waals surface area contributed by atoms with Crippen LogP contribution in [0, 0.1) is 6.92 Å². The van der Waals surface area contributed by atoms with Crippen LogP contribution in [-0.4, -0.2) is 51.1 Å². The molecule has 0 radical (unpaired) electrons. The Kier molecular flexibility index (Phi) is 8.55. The molecule has 1 fully saturated rings. The summed E-state index contributed by atoms with van der Waals surface area (Å²) in [4.78, 5) is 52.8. The van der Waals surface area contributed by atoms with Crippen molar-refractivity contribution in [1.29, 1.82) is 0 Å². The van der Waals surface area contributed by atoms with Gasteiger partial charge in [-0.05, 0) is 82.1 Å². The number of hydrogen-bond acceptors (Lipinski definition) is 8. The van der Waals surface area contributed by atoms with Gasteiger partial charge in [-0.15, -0.1) is 11.3 Å².